The Morgan fingerprint density at radius 2 is 1.66 bits per heavy atom. The number of benzene rings is 1. The number of anilines is 1. The summed E-state index contributed by atoms with van der Waals surface area (Å²) in [5.41, 5.74) is 6.55. The van der Waals surface area contributed by atoms with Gasteiger partial charge in [0, 0.05) is 21.5 Å². The number of fused-ring (bicyclic) bond motifs is 1. The molecule has 1 heterocycles. The van der Waals surface area contributed by atoms with Gasteiger partial charge in [0.25, 0.3) is 11.8 Å². The van der Waals surface area contributed by atoms with Gasteiger partial charge < -0.3 is 5.32 Å². The Hall–Kier alpha value is -2.67. The molecule has 0 saturated carbocycles. The SMILES string of the molecule is CC(C)(C)C(=O)Nc1cccc(C(=O)NNC(=O)c2cc3c(s2)CCCCC3)c1. The van der Waals surface area contributed by atoms with Crippen molar-refractivity contribution in [1.29, 1.82) is 0 Å². The highest BCUT2D eigenvalue weighted by Crippen LogP contribution is 2.28. The van der Waals surface area contributed by atoms with Crippen LogP contribution in [-0.2, 0) is 17.6 Å². The van der Waals surface area contributed by atoms with Crippen LogP contribution in [-0.4, -0.2) is 17.7 Å². The molecule has 2 aromatic rings. The number of amides is 3. The van der Waals surface area contributed by atoms with Gasteiger partial charge in [-0.15, -0.1) is 11.3 Å². The van der Waals surface area contributed by atoms with Crippen LogP contribution in [0.1, 0.15) is 70.5 Å². The number of rotatable bonds is 3. The van der Waals surface area contributed by atoms with Crippen LogP contribution in [0.4, 0.5) is 5.69 Å². The summed E-state index contributed by atoms with van der Waals surface area (Å²) in [6.07, 6.45) is 5.58. The van der Waals surface area contributed by atoms with Gasteiger partial charge in [-0.3, -0.25) is 25.2 Å². The van der Waals surface area contributed by atoms with E-state index < -0.39 is 11.3 Å². The van der Waals surface area contributed by atoms with Crippen LogP contribution in [0.5, 0.6) is 0 Å². The van der Waals surface area contributed by atoms with Crippen molar-refractivity contribution in [3.05, 3.63) is 51.2 Å². The third kappa shape index (κ3) is 5.44. The summed E-state index contributed by atoms with van der Waals surface area (Å²) >= 11 is 1.50. The molecule has 1 aromatic carbocycles. The molecule has 0 unspecified atom stereocenters. The molecule has 3 amide bonds. The van der Waals surface area contributed by atoms with Gasteiger partial charge in [0.1, 0.15) is 0 Å². The lowest BCUT2D eigenvalue weighted by atomic mass is 9.95. The van der Waals surface area contributed by atoms with Crippen LogP contribution < -0.4 is 16.2 Å². The van der Waals surface area contributed by atoms with E-state index in [1.54, 1.807) is 24.3 Å². The first-order chi connectivity index (χ1) is 13.7. The summed E-state index contributed by atoms with van der Waals surface area (Å²) < 4.78 is 0. The Balaban J connectivity index is 1.60. The number of hydrogen-bond acceptors (Lipinski definition) is 4. The molecule has 3 N–H and O–H groups in total. The Kier molecular flexibility index (Phi) is 6.37. The summed E-state index contributed by atoms with van der Waals surface area (Å²) in [6.45, 7) is 5.45. The minimum absolute atomic E-state index is 0.138. The smallest absolute Gasteiger partial charge is 0.279 e. The largest absolute Gasteiger partial charge is 0.326 e. The van der Waals surface area contributed by atoms with E-state index in [0.717, 1.165) is 25.7 Å². The summed E-state index contributed by atoms with van der Waals surface area (Å²) in [6, 6.07) is 8.55. The highest BCUT2D eigenvalue weighted by molar-refractivity contribution is 7.14. The second-order valence-corrected chi connectivity index (χ2v) is 9.45. The second kappa shape index (κ2) is 8.78. The normalized spacial score (nSPS) is 13.8. The predicted octanol–water partition coefficient (Wildman–Crippen LogP) is 4.08. The number of carbonyl (C=O) groups excluding carboxylic acids is 3. The topological polar surface area (TPSA) is 87.3 Å². The summed E-state index contributed by atoms with van der Waals surface area (Å²) in [4.78, 5) is 38.9. The summed E-state index contributed by atoms with van der Waals surface area (Å²) in [5, 5.41) is 2.80. The Morgan fingerprint density at radius 1 is 0.931 bits per heavy atom. The first kappa shape index (κ1) is 21.0. The molecular weight excluding hydrogens is 386 g/mol. The zero-order valence-corrected chi connectivity index (χ0v) is 17.9. The van der Waals surface area contributed by atoms with Gasteiger partial charge in [-0.2, -0.15) is 0 Å². The van der Waals surface area contributed by atoms with Crippen molar-refractivity contribution in [3.8, 4) is 0 Å². The van der Waals surface area contributed by atoms with Crippen molar-refractivity contribution in [2.24, 2.45) is 5.41 Å². The molecule has 0 fully saturated rings. The molecule has 0 bridgehead atoms. The molecule has 0 aliphatic heterocycles. The van der Waals surface area contributed by atoms with Gasteiger partial charge in [0.05, 0.1) is 4.88 Å². The van der Waals surface area contributed by atoms with E-state index in [1.807, 2.05) is 26.8 Å². The molecular formula is C22H27N3O3S. The molecule has 1 aromatic heterocycles. The van der Waals surface area contributed by atoms with Crippen molar-refractivity contribution in [3.63, 3.8) is 0 Å². The first-order valence-corrected chi connectivity index (χ1v) is 10.7. The highest BCUT2D eigenvalue weighted by Gasteiger charge is 2.21. The van der Waals surface area contributed by atoms with Crippen LogP contribution in [0.25, 0.3) is 0 Å². The van der Waals surface area contributed by atoms with Crippen LogP contribution >= 0.6 is 11.3 Å². The highest BCUT2D eigenvalue weighted by atomic mass is 32.1. The number of hydrazine groups is 1. The fourth-order valence-corrected chi connectivity index (χ4v) is 4.23. The zero-order valence-electron chi connectivity index (χ0n) is 17.1. The lowest BCUT2D eigenvalue weighted by molar-refractivity contribution is -0.123. The standard InChI is InChI=1S/C22H27N3O3S/c1-22(2,3)21(28)23-16-10-7-9-15(12-16)19(26)24-25-20(27)18-13-14-8-5-4-6-11-17(14)29-18/h7,9-10,12-13H,4-6,8,11H2,1-3H3,(H,23,28)(H,24,26)(H,25,27). The molecule has 29 heavy (non-hydrogen) atoms. The first-order valence-electron chi connectivity index (χ1n) is 9.88. The van der Waals surface area contributed by atoms with Crippen molar-refractivity contribution in [2.75, 3.05) is 5.32 Å². The van der Waals surface area contributed by atoms with Gasteiger partial charge in [-0.1, -0.05) is 33.3 Å². The van der Waals surface area contributed by atoms with E-state index in [1.165, 1.54) is 28.2 Å². The van der Waals surface area contributed by atoms with Crippen LogP contribution in [0.15, 0.2) is 30.3 Å². The van der Waals surface area contributed by atoms with E-state index in [-0.39, 0.29) is 11.8 Å². The quantitative estimate of drug-likeness (QED) is 0.523. The summed E-state index contributed by atoms with van der Waals surface area (Å²) in [5.74, 6) is -0.891. The average Bonchev–Trinajstić information content (AvgIpc) is 2.96. The molecule has 0 atom stereocenters. The molecule has 0 radical (unpaired) electrons. The molecule has 1 aliphatic rings. The number of thiophene rings is 1. The monoisotopic (exact) mass is 413 g/mol. The van der Waals surface area contributed by atoms with Crippen molar-refractivity contribution < 1.29 is 14.4 Å². The maximum Gasteiger partial charge on any atom is 0.279 e. The lowest BCUT2D eigenvalue weighted by Crippen LogP contribution is -2.41. The number of carbonyl (C=O) groups is 3. The predicted molar refractivity (Wildman–Crippen MR) is 115 cm³/mol. The van der Waals surface area contributed by atoms with Gasteiger partial charge >= 0.3 is 0 Å². The minimum atomic E-state index is -0.537. The fraction of sp³-hybridized carbons (Fsp3) is 0.409. The Bertz CT molecular complexity index is 904. The van der Waals surface area contributed by atoms with Gasteiger partial charge in [0.2, 0.25) is 5.91 Å². The van der Waals surface area contributed by atoms with E-state index in [9.17, 15) is 14.4 Å². The van der Waals surface area contributed by atoms with Crippen molar-refractivity contribution in [2.45, 2.75) is 52.9 Å². The van der Waals surface area contributed by atoms with Crippen LogP contribution in [0.3, 0.4) is 0 Å². The Labute approximate surface area is 175 Å². The average molecular weight is 414 g/mol. The van der Waals surface area contributed by atoms with E-state index in [4.69, 9.17) is 0 Å². The van der Waals surface area contributed by atoms with Gasteiger partial charge in [0.15, 0.2) is 0 Å². The molecule has 0 saturated heterocycles. The van der Waals surface area contributed by atoms with Crippen molar-refractivity contribution >= 4 is 34.7 Å². The van der Waals surface area contributed by atoms with Gasteiger partial charge in [-0.05, 0) is 55.5 Å². The fourth-order valence-electron chi connectivity index (χ4n) is 3.08. The van der Waals surface area contributed by atoms with Crippen LogP contribution in [0.2, 0.25) is 0 Å². The maximum atomic E-state index is 12.4. The molecule has 0 spiro atoms. The molecule has 1 aliphatic carbocycles. The molecule has 3 rings (SSSR count). The lowest BCUT2D eigenvalue weighted by Gasteiger charge is -2.18. The molecule has 7 heteroatoms. The third-order valence-corrected chi connectivity index (χ3v) is 6.06. The third-order valence-electron chi connectivity index (χ3n) is 4.82. The Morgan fingerprint density at radius 3 is 2.41 bits per heavy atom. The maximum absolute atomic E-state index is 12.4. The van der Waals surface area contributed by atoms with Gasteiger partial charge in [-0.25, -0.2) is 0 Å². The molecule has 6 nitrogen and oxygen atoms in total. The number of nitrogens with one attached hydrogen (secondary N) is 3. The second-order valence-electron chi connectivity index (χ2n) is 8.31. The zero-order chi connectivity index (χ0) is 21.0. The minimum Gasteiger partial charge on any atom is -0.326 e. The van der Waals surface area contributed by atoms with E-state index >= 15 is 0 Å². The van der Waals surface area contributed by atoms with Crippen LogP contribution in [0, 0.1) is 5.41 Å². The van der Waals surface area contributed by atoms with E-state index in [0.29, 0.717) is 16.1 Å². The van der Waals surface area contributed by atoms with E-state index in [2.05, 4.69) is 16.2 Å². The summed E-state index contributed by atoms with van der Waals surface area (Å²) in [7, 11) is 0. The molecule has 154 valence electrons. The van der Waals surface area contributed by atoms with Crippen molar-refractivity contribution in [1.82, 2.24) is 10.9 Å². The number of hydrogen-bond donors (Lipinski definition) is 3. The number of aryl methyl sites for hydroxylation is 2.